The number of benzene rings is 2. The second-order valence-electron chi connectivity index (χ2n) is 5.06. The van der Waals surface area contributed by atoms with Crippen LogP contribution in [0.3, 0.4) is 0 Å². The van der Waals surface area contributed by atoms with Gasteiger partial charge in [0, 0.05) is 5.69 Å². The van der Waals surface area contributed by atoms with Crippen LogP contribution in [0.5, 0.6) is 0 Å². The molecule has 0 spiro atoms. The summed E-state index contributed by atoms with van der Waals surface area (Å²) < 4.78 is 14.0. The number of anilines is 2. The van der Waals surface area contributed by atoms with Gasteiger partial charge in [0.1, 0.15) is 5.82 Å². The summed E-state index contributed by atoms with van der Waals surface area (Å²) in [5.74, 6) is -0.224. The van der Waals surface area contributed by atoms with E-state index in [1.165, 1.54) is 41.9 Å². The minimum Gasteiger partial charge on any atom is -0.332 e. The molecule has 1 aromatic heterocycles. The van der Waals surface area contributed by atoms with E-state index < -0.39 is 0 Å². The lowest BCUT2D eigenvalue weighted by molar-refractivity contribution is 0.630. The molecule has 0 radical (unpaired) electrons. The molecule has 0 fully saturated rings. The number of fused-ring (bicyclic) bond motifs is 1. The van der Waals surface area contributed by atoms with Gasteiger partial charge in [-0.1, -0.05) is 36.8 Å². The van der Waals surface area contributed by atoms with Crippen LogP contribution >= 0.6 is 11.3 Å². The number of hydrogen-bond acceptors (Lipinski definition) is 3. The lowest BCUT2D eigenvalue weighted by Crippen LogP contribution is -1.90. The number of hydrogen-bond donors (Lipinski definition) is 1. The summed E-state index contributed by atoms with van der Waals surface area (Å²) in [4.78, 5) is 4.46. The maximum absolute atomic E-state index is 13.2. The van der Waals surface area contributed by atoms with Crippen molar-refractivity contribution in [3.05, 3.63) is 53.8 Å². The Morgan fingerprint density at radius 3 is 2.71 bits per heavy atom. The van der Waals surface area contributed by atoms with E-state index in [-0.39, 0.29) is 5.82 Å². The summed E-state index contributed by atoms with van der Waals surface area (Å²) in [7, 11) is 0. The van der Waals surface area contributed by atoms with Crippen molar-refractivity contribution in [1.82, 2.24) is 4.98 Å². The third kappa shape index (κ3) is 3.39. The summed E-state index contributed by atoms with van der Waals surface area (Å²) in [6.07, 6.45) is 3.55. The first-order valence-corrected chi connectivity index (χ1v) is 7.98. The summed E-state index contributed by atoms with van der Waals surface area (Å²) in [5.41, 5.74) is 3.19. The Balaban J connectivity index is 1.75. The average Bonchev–Trinajstić information content (AvgIpc) is 2.88. The molecule has 21 heavy (non-hydrogen) atoms. The standard InChI is InChI=1S/C17H17FN2S/c1-2-3-4-12-5-8-14(9-6-12)19-17-20-15-10-7-13(18)11-16(15)21-17/h5-11H,2-4H2,1H3,(H,19,20). The quantitative estimate of drug-likeness (QED) is 0.671. The van der Waals surface area contributed by atoms with Gasteiger partial charge in [0.25, 0.3) is 0 Å². The Bertz CT molecular complexity index is 734. The minimum absolute atomic E-state index is 0.224. The molecule has 1 heterocycles. The number of thiazole rings is 1. The van der Waals surface area contributed by atoms with Crippen molar-refractivity contribution in [2.24, 2.45) is 0 Å². The van der Waals surface area contributed by atoms with Gasteiger partial charge in [-0.15, -0.1) is 0 Å². The highest BCUT2D eigenvalue weighted by molar-refractivity contribution is 7.22. The summed E-state index contributed by atoms with van der Waals surface area (Å²) in [5, 5.41) is 4.07. The lowest BCUT2D eigenvalue weighted by Gasteiger charge is -2.04. The second-order valence-corrected chi connectivity index (χ2v) is 6.09. The van der Waals surface area contributed by atoms with Crippen molar-refractivity contribution in [3.63, 3.8) is 0 Å². The molecule has 0 unspecified atom stereocenters. The molecule has 3 rings (SSSR count). The van der Waals surface area contributed by atoms with Crippen molar-refractivity contribution in [3.8, 4) is 0 Å². The molecular weight excluding hydrogens is 283 g/mol. The fourth-order valence-electron chi connectivity index (χ4n) is 2.21. The van der Waals surface area contributed by atoms with Gasteiger partial charge < -0.3 is 5.32 Å². The van der Waals surface area contributed by atoms with Gasteiger partial charge in [-0.2, -0.15) is 0 Å². The highest BCUT2D eigenvalue weighted by Crippen LogP contribution is 2.28. The van der Waals surface area contributed by atoms with E-state index in [2.05, 4.69) is 41.5 Å². The van der Waals surface area contributed by atoms with E-state index in [9.17, 15) is 4.39 Å². The zero-order valence-electron chi connectivity index (χ0n) is 11.9. The van der Waals surface area contributed by atoms with Crippen LogP contribution in [-0.4, -0.2) is 4.98 Å². The van der Waals surface area contributed by atoms with Crippen molar-refractivity contribution in [2.75, 3.05) is 5.32 Å². The second kappa shape index (κ2) is 6.22. The van der Waals surface area contributed by atoms with Crippen LogP contribution in [0.1, 0.15) is 25.3 Å². The number of unbranched alkanes of at least 4 members (excludes halogenated alkanes) is 1. The fourth-order valence-corrected chi connectivity index (χ4v) is 3.12. The van der Waals surface area contributed by atoms with Crippen LogP contribution in [0.25, 0.3) is 10.2 Å². The first-order valence-electron chi connectivity index (χ1n) is 7.16. The molecule has 1 N–H and O–H groups in total. The number of halogens is 1. The van der Waals surface area contributed by atoms with E-state index in [1.807, 2.05) is 0 Å². The minimum atomic E-state index is -0.224. The van der Waals surface area contributed by atoms with Crippen molar-refractivity contribution < 1.29 is 4.39 Å². The molecule has 0 saturated heterocycles. The molecular formula is C17H17FN2S. The Kier molecular flexibility index (Phi) is 4.15. The molecule has 3 aromatic rings. The molecule has 0 bridgehead atoms. The van der Waals surface area contributed by atoms with Gasteiger partial charge in [-0.05, 0) is 48.7 Å². The SMILES string of the molecule is CCCCc1ccc(Nc2nc3ccc(F)cc3s2)cc1. The van der Waals surface area contributed by atoms with Gasteiger partial charge in [-0.25, -0.2) is 9.37 Å². The van der Waals surface area contributed by atoms with Gasteiger partial charge in [0.15, 0.2) is 5.13 Å². The third-order valence-corrected chi connectivity index (χ3v) is 4.31. The van der Waals surface area contributed by atoms with Crippen LogP contribution in [0, 0.1) is 5.82 Å². The lowest BCUT2D eigenvalue weighted by atomic mass is 10.1. The highest BCUT2D eigenvalue weighted by atomic mass is 32.1. The molecule has 4 heteroatoms. The normalized spacial score (nSPS) is 11.0. The van der Waals surface area contributed by atoms with Crippen molar-refractivity contribution in [2.45, 2.75) is 26.2 Å². The Morgan fingerprint density at radius 1 is 1.14 bits per heavy atom. The van der Waals surface area contributed by atoms with E-state index in [1.54, 1.807) is 6.07 Å². The van der Waals surface area contributed by atoms with Crippen LogP contribution in [0.2, 0.25) is 0 Å². The predicted molar refractivity (Wildman–Crippen MR) is 87.9 cm³/mol. The highest BCUT2D eigenvalue weighted by Gasteiger charge is 2.05. The number of nitrogens with one attached hydrogen (secondary N) is 1. The molecule has 0 aliphatic rings. The number of nitrogens with zero attached hydrogens (tertiary/aromatic N) is 1. The molecule has 2 aromatic carbocycles. The Hall–Kier alpha value is -1.94. The number of aromatic nitrogens is 1. The van der Waals surface area contributed by atoms with Crippen molar-refractivity contribution >= 4 is 32.4 Å². The van der Waals surface area contributed by atoms with Crippen LogP contribution in [-0.2, 0) is 6.42 Å². The third-order valence-electron chi connectivity index (χ3n) is 3.37. The van der Waals surface area contributed by atoms with E-state index in [4.69, 9.17) is 0 Å². The first-order chi connectivity index (χ1) is 10.2. The summed E-state index contributed by atoms with van der Waals surface area (Å²) >= 11 is 1.46. The molecule has 0 aliphatic carbocycles. The van der Waals surface area contributed by atoms with Crippen LogP contribution in [0.15, 0.2) is 42.5 Å². The summed E-state index contributed by atoms with van der Waals surface area (Å²) in [6, 6.07) is 13.1. The zero-order chi connectivity index (χ0) is 14.7. The molecule has 0 aliphatic heterocycles. The van der Waals surface area contributed by atoms with Crippen LogP contribution in [0.4, 0.5) is 15.2 Å². The summed E-state index contributed by atoms with van der Waals surface area (Å²) in [6.45, 7) is 2.20. The van der Waals surface area contributed by atoms with Gasteiger partial charge >= 0.3 is 0 Å². The topological polar surface area (TPSA) is 24.9 Å². The molecule has 0 atom stereocenters. The van der Waals surface area contributed by atoms with Gasteiger partial charge in [0.05, 0.1) is 10.2 Å². The van der Waals surface area contributed by atoms with Crippen molar-refractivity contribution in [1.29, 1.82) is 0 Å². The van der Waals surface area contributed by atoms with E-state index >= 15 is 0 Å². The van der Waals surface area contributed by atoms with Gasteiger partial charge in [0.2, 0.25) is 0 Å². The smallest absolute Gasteiger partial charge is 0.188 e. The average molecular weight is 300 g/mol. The number of rotatable bonds is 5. The Morgan fingerprint density at radius 2 is 1.95 bits per heavy atom. The van der Waals surface area contributed by atoms with Gasteiger partial charge in [-0.3, -0.25) is 0 Å². The molecule has 108 valence electrons. The zero-order valence-corrected chi connectivity index (χ0v) is 12.7. The Labute approximate surface area is 127 Å². The predicted octanol–water partition coefficient (Wildman–Crippen LogP) is 5.52. The largest absolute Gasteiger partial charge is 0.332 e. The van der Waals surface area contributed by atoms with Crippen LogP contribution < -0.4 is 5.32 Å². The maximum atomic E-state index is 13.2. The molecule has 2 nitrogen and oxygen atoms in total. The first kappa shape index (κ1) is 14.0. The molecule has 0 amide bonds. The number of aryl methyl sites for hydroxylation is 1. The monoisotopic (exact) mass is 300 g/mol. The fraction of sp³-hybridized carbons (Fsp3) is 0.235. The molecule has 0 saturated carbocycles. The maximum Gasteiger partial charge on any atom is 0.188 e. The van der Waals surface area contributed by atoms with E-state index in [0.717, 1.165) is 27.5 Å². The van der Waals surface area contributed by atoms with E-state index in [0.29, 0.717) is 0 Å².